The van der Waals surface area contributed by atoms with Gasteiger partial charge in [-0.3, -0.25) is 19.4 Å². The Morgan fingerprint density at radius 3 is 1.81 bits per heavy atom. The molecule has 0 bridgehead atoms. The van der Waals surface area contributed by atoms with E-state index in [1.807, 2.05) is 11.0 Å². The third kappa shape index (κ3) is 6.54. The summed E-state index contributed by atoms with van der Waals surface area (Å²) in [5, 5.41) is 2.56. The second-order valence-corrected chi connectivity index (χ2v) is 17.0. The number of benzene rings is 2. The Balaban J connectivity index is 0.951. The monoisotopic (exact) mass is 854 g/mol. The van der Waals surface area contributed by atoms with Crippen LogP contribution in [0.5, 0.6) is 0 Å². The predicted octanol–water partition coefficient (Wildman–Crippen LogP) is 8.43. The fourth-order valence-corrected chi connectivity index (χ4v) is 11.0. The minimum absolute atomic E-state index is 0.157. The Morgan fingerprint density at radius 1 is 0.759 bits per heavy atom. The molecule has 8 rings (SSSR count). The average Bonchev–Trinajstić information content (AvgIpc) is 3.69. The number of amides is 2. The van der Waals surface area contributed by atoms with Crippen molar-refractivity contribution >= 4 is 76.6 Å². The van der Waals surface area contributed by atoms with Crippen LogP contribution in [0.15, 0.2) is 70.4 Å². The Morgan fingerprint density at radius 2 is 1.28 bits per heavy atom. The number of rotatable bonds is 13. The van der Waals surface area contributed by atoms with Gasteiger partial charge in [0, 0.05) is 79.7 Å². The van der Waals surface area contributed by atoms with Crippen LogP contribution in [0.2, 0.25) is 0 Å². The molecule has 2 aromatic heterocycles. The summed E-state index contributed by atoms with van der Waals surface area (Å²) in [4.78, 5) is 44.2. The Labute approximate surface area is 335 Å². The maximum absolute atomic E-state index is 14.3. The molecule has 2 N–H and O–H groups in total. The standard InChI is InChI=1S/C44H52Br2N6O2/c1-5-18-51-25-28(22-31-29-14-12-16-35-39(29)33(23-37(31)51)41(45)47-35)44(54)50(8-4)19-10-9-11-20-52-26-27(43(53)49(6-2)7-3)21-32-30-15-13-17-36-40(30)34(24-38(32)52)42(46)48-36/h5,12-17,21-22,27-28,37-38,47-48H,1,6-11,18-20,23-26H2,2-4H3/t27-,28-,37-,38?/m1/s1. The van der Waals surface area contributed by atoms with E-state index < -0.39 is 0 Å². The van der Waals surface area contributed by atoms with Crippen LogP contribution in [0.4, 0.5) is 0 Å². The largest absolute Gasteiger partial charge is 0.349 e. The highest BCUT2D eigenvalue weighted by atomic mass is 79.9. The third-order valence-corrected chi connectivity index (χ3v) is 13.9. The number of carbonyl (C=O) groups excluding carboxylic acids is 2. The number of nitrogens with one attached hydrogen (secondary N) is 2. The summed E-state index contributed by atoms with van der Waals surface area (Å²) in [6.07, 6.45) is 11.4. The lowest BCUT2D eigenvalue weighted by Gasteiger charge is -2.42. The Bertz CT molecular complexity index is 2160. The topological polar surface area (TPSA) is 78.7 Å². The van der Waals surface area contributed by atoms with Gasteiger partial charge >= 0.3 is 0 Å². The fraction of sp³-hybridized carbons (Fsp3) is 0.455. The van der Waals surface area contributed by atoms with Gasteiger partial charge in [-0.15, -0.1) is 6.58 Å². The Hall–Kier alpha value is -3.44. The van der Waals surface area contributed by atoms with Crippen molar-refractivity contribution in [2.45, 2.75) is 65.0 Å². The van der Waals surface area contributed by atoms with Crippen molar-refractivity contribution in [3.63, 3.8) is 0 Å². The van der Waals surface area contributed by atoms with E-state index >= 15 is 0 Å². The van der Waals surface area contributed by atoms with Gasteiger partial charge in [-0.2, -0.15) is 0 Å². The molecule has 2 aromatic carbocycles. The summed E-state index contributed by atoms with van der Waals surface area (Å²) in [7, 11) is 0. The van der Waals surface area contributed by atoms with E-state index in [1.54, 1.807) is 0 Å². The first-order valence-corrected chi connectivity index (χ1v) is 21.5. The maximum Gasteiger partial charge on any atom is 0.230 e. The Kier molecular flexibility index (Phi) is 10.8. The van der Waals surface area contributed by atoms with Crippen LogP contribution in [0, 0.1) is 11.8 Å². The molecule has 0 radical (unpaired) electrons. The highest BCUT2D eigenvalue weighted by molar-refractivity contribution is 9.10. The summed E-state index contributed by atoms with van der Waals surface area (Å²) in [5.74, 6) is 0.0966. The molecular weight excluding hydrogens is 804 g/mol. The minimum atomic E-state index is -0.192. The number of unbranched alkanes of at least 4 members (excludes halogenated alkanes) is 2. The van der Waals surface area contributed by atoms with E-state index in [0.29, 0.717) is 13.1 Å². The molecular formula is C44H52Br2N6O2. The van der Waals surface area contributed by atoms with Gasteiger partial charge in [-0.1, -0.05) is 48.9 Å². The smallest absolute Gasteiger partial charge is 0.230 e. The molecule has 54 heavy (non-hydrogen) atoms. The van der Waals surface area contributed by atoms with Crippen molar-refractivity contribution in [1.29, 1.82) is 0 Å². The molecule has 284 valence electrons. The highest BCUT2D eigenvalue weighted by Crippen LogP contribution is 2.45. The number of hydrogen-bond donors (Lipinski definition) is 2. The molecule has 0 fully saturated rings. The lowest BCUT2D eigenvalue weighted by Crippen LogP contribution is -2.49. The van der Waals surface area contributed by atoms with E-state index in [9.17, 15) is 9.59 Å². The highest BCUT2D eigenvalue weighted by Gasteiger charge is 2.40. The average molecular weight is 857 g/mol. The van der Waals surface area contributed by atoms with Gasteiger partial charge in [0.25, 0.3) is 0 Å². The summed E-state index contributed by atoms with van der Waals surface area (Å²) >= 11 is 7.61. The van der Waals surface area contributed by atoms with Crippen molar-refractivity contribution in [2.24, 2.45) is 11.8 Å². The van der Waals surface area contributed by atoms with Gasteiger partial charge in [0.15, 0.2) is 0 Å². The van der Waals surface area contributed by atoms with Crippen molar-refractivity contribution in [1.82, 2.24) is 29.6 Å². The second-order valence-electron chi connectivity index (χ2n) is 15.4. The number of aromatic nitrogens is 2. The normalized spacial score (nSPS) is 22.1. The van der Waals surface area contributed by atoms with Crippen LogP contribution in [-0.2, 0) is 22.4 Å². The SMILES string of the molecule is C=CCN1C[C@H](C(=O)N(CC)CCCCCN2C[C@H](C(=O)N(CC)CC)C=C3c4cccc5[nH]c(Br)c(c45)CC32)C=C2c3cccc4[nH]c(Br)c(c34)C[C@H]21. The minimum Gasteiger partial charge on any atom is -0.349 e. The lowest BCUT2D eigenvalue weighted by atomic mass is 9.79. The zero-order valence-electron chi connectivity index (χ0n) is 31.8. The van der Waals surface area contributed by atoms with E-state index in [4.69, 9.17) is 0 Å². The van der Waals surface area contributed by atoms with Crippen LogP contribution < -0.4 is 0 Å². The van der Waals surface area contributed by atoms with Gasteiger partial charge in [0.05, 0.1) is 21.0 Å². The van der Waals surface area contributed by atoms with Crippen molar-refractivity contribution in [3.8, 4) is 0 Å². The van der Waals surface area contributed by atoms with Crippen molar-refractivity contribution in [2.75, 3.05) is 52.4 Å². The number of nitrogens with zero attached hydrogens (tertiary/aromatic N) is 4. The number of fused-ring (bicyclic) bond motifs is 4. The van der Waals surface area contributed by atoms with E-state index in [2.05, 4.69) is 132 Å². The predicted molar refractivity (Wildman–Crippen MR) is 227 cm³/mol. The molecule has 4 aromatic rings. The summed E-state index contributed by atoms with van der Waals surface area (Å²) in [6, 6.07) is 13.4. The molecule has 4 atom stereocenters. The quantitative estimate of drug-likeness (QED) is 0.105. The first-order valence-electron chi connectivity index (χ1n) is 19.9. The van der Waals surface area contributed by atoms with E-state index in [1.165, 1.54) is 44.2 Å². The molecule has 2 aliphatic carbocycles. The zero-order chi connectivity index (χ0) is 37.7. The van der Waals surface area contributed by atoms with Crippen LogP contribution in [0.1, 0.15) is 62.3 Å². The van der Waals surface area contributed by atoms with Gasteiger partial charge in [0.1, 0.15) is 0 Å². The maximum atomic E-state index is 14.3. The van der Waals surface area contributed by atoms with E-state index in [-0.39, 0.29) is 35.7 Å². The van der Waals surface area contributed by atoms with Crippen LogP contribution in [0.25, 0.3) is 33.0 Å². The molecule has 0 saturated heterocycles. The van der Waals surface area contributed by atoms with Crippen LogP contribution in [0.3, 0.4) is 0 Å². The molecule has 2 amide bonds. The molecule has 0 saturated carbocycles. The molecule has 1 unspecified atom stereocenters. The molecule has 0 spiro atoms. The first kappa shape index (κ1) is 37.5. The number of carbonyl (C=O) groups is 2. The number of aromatic amines is 2. The molecule has 4 aliphatic rings. The first-order chi connectivity index (χ1) is 26.3. The summed E-state index contributed by atoms with van der Waals surface area (Å²) in [5.41, 5.74) is 9.99. The van der Waals surface area contributed by atoms with Gasteiger partial charge in [0.2, 0.25) is 11.8 Å². The van der Waals surface area contributed by atoms with Gasteiger partial charge < -0.3 is 19.8 Å². The van der Waals surface area contributed by atoms with Gasteiger partial charge in [-0.05, 0) is 130 Å². The summed E-state index contributed by atoms with van der Waals surface area (Å²) < 4.78 is 2.12. The van der Waals surface area contributed by atoms with E-state index in [0.717, 1.165) is 91.6 Å². The number of halogens is 2. The van der Waals surface area contributed by atoms with Crippen molar-refractivity contribution < 1.29 is 9.59 Å². The molecule has 2 aliphatic heterocycles. The van der Waals surface area contributed by atoms with Gasteiger partial charge in [-0.25, -0.2) is 0 Å². The lowest BCUT2D eigenvalue weighted by molar-refractivity contribution is -0.135. The van der Waals surface area contributed by atoms with Crippen LogP contribution in [-0.4, -0.2) is 106 Å². The van der Waals surface area contributed by atoms with Crippen molar-refractivity contribution in [3.05, 3.63) is 92.7 Å². The number of H-pyrrole nitrogens is 2. The summed E-state index contributed by atoms with van der Waals surface area (Å²) in [6.45, 7) is 16.3. The zero-order valence-corrected chi connectivity index (χ0v) is 34.9. The molecule has 8 nitrogen and oxygen atoms in total. The second kappa shape index (κ2) is 15.6. The molecule has 10 heteroatoms. The van der Waals surface area contributed by atoms with Crippen LogP contribution >= 0.6 is 31.9 Å². The third-order valence-electron chi connectivity index (χ3n) is 12.5. The molecule has 4 heterocycles. The number of hydrogen-bond acceptors (Lipinski definition) is 4. The fourth-order valence-electron chi connectivity index (χ4n) is 9.89.